The lowest BCUT2D eigenvalue weighted by Crippen LogP contribution is -2.44. The Morgan fingerprint density at radius 3 is 2.89 bits per heavy atom. The summed E-state index contributed by atoms with van der Waals surface area (Å²) in [6, 6.07) is 4.11. The van der Waals surface area contributed by atoms with Crippen LogP contribution in [0.3, 0.4) is 0 Å². The van der Waals surface area contributed by atoms with Gasteiger partial charge in [-0.25, -0.2) is 0 Å². The second-order valence-electron chi connectivity index (χ2n) is 4.98. The van der Waals surface area contributed by atoms with Crippen molar-refractivity contribution < 1.29 is 4.79 Å². The molecule has 0 saturated carbocycles. The summed E-state index contributed by atoms with van der Waals surface area (Å²) in [6.07, 6.45) is 1.56. The van der Waals surface area contributed by atoms with Gasteiger partial charge in [0.25, 0.3) is 0 Å². The van der Waals surface area contributed by atoms with Crippen LogP contribution in [0, 0.1) is 6.92 Å². The largest absolute Gasteiger partial charge is 0.356 e. The van der Waals surface area contributed by atoms with Crippen LogP contribution in [-0.2, 0) is 11.2 Å². The first kappa shape index (κ1) is 14.5. The molecule has 1 fully saturated rings. The molecule has 4 nitrogen and oxygen atoms in total. The molecule has 0 aliphatic carbocycles. The summed E-state index contributed by atoms with van der Waals surface area (Å²) in [4.78, 5) is 16.6. The minimum Gasteiger partial charge on any atom is -0.356 e. The first-order valence-electron chi connectivity index (χ1n) is 6.99. The lowest BCUT2D eigenvalue weighted by Gasteiger charge is -2.27. The highest BCUT2D eigenvalue weighted by atomic mass is 32.1. The maximum Gasteiger partial charge on any atom is 0.225 e. The highest BCUT2D eigenvalue weighted by Crippen LogP contribution is 2.15. The van der Waals surface area contributed by atoms with E-state index < -0.39 is 0 Å². The number of nitrogens with one attached hydrogen (secondary N) is 2. The number of thiophene rings is 1. The molecule has 1 aromatic rings. The maximum atomic E-state index is 11.7. The van der Waals surface area contributed by atoms with Gasteiger partial charge in [-0.15, -0.1) is 11.3 Å². The topological polar surface area (TPSA) is 44.4 Å². The smallest absolute Gasteiger partial charge is 0.225 e. The third-order valence-electron chi connectivity index (χ3n) is 3.31. The number of amides is 1. The average Bonchev–Trinajstić information content (AvgIpc) is 2.81. The van der Waals surface area contributed by atoms with Crippen LogP contribution in [0.15, 0.2) is 12.1 Å². The second kappa shape index (κ2) is 7.62. The van der Waals surface area contributed by atoms with E-state index in [9.17, 15) is 4.79 Å². The summed E-state index contributed by atoms with van der Waals surface area (Å²) < 4.78 is 0. The van der Waals surface area contributed by atoms with Crippen LogP contribution in [0.5, 0.6) is 0 Å². The van der Waals surface area contributed by atoms with Gasteiger partial charge >= 0.3 is 0 Å². The fraction of sp³-hybridized carbons (Fsp3) is 0.643. The van der Waals surface area contributed by atoms with Crippen LogP contribution in [0.4, 0.5) is 0 Å². The van der Waals surface area contributed by atoms with Crippen LogP contribution < -0.4 is 10.6 Å². The van der Waals surface area contributed by atoms with Gasteiger partial charge in [0.15, 0.2) is 0 Å². The molecule has 1 amide bonds. The van der Waals surface area contributed by atoms with E-state index in [1.54, 1.807) is 11.3 Å². The Hall–Kier alpha value is -0.910. The first-order valence-corrected chi connectivity index (χ1v) is 7.81. The van der Waals surface area contributed by atoms with E-state index in [-0.39, 0.29) is 5.91 Å². The minimum absolute atomic E-state index is 0.141. The normalized spacial score (nSPS) is 16.5. The van der Waals surface area contributed by atoms with E-state index in [1.807, 2.05) is 6.07 Å². The summed E-state index contributed by atoms with van der Waals surface area (Å²) in [7, 11) is 0. The zero-order valence-corrected chi connectivity index (χ0v) is 12.4. The number of aryl methyl sites for hydroxylation is 1. The van der Waals surface area contributed by atoms with E-state index in [0.29, 0.717) is 6.42 Å². The Morgan fingerprint density at radius 2 is 2.21 bits per heavy atom. The summed E-state index contributed by atoms with van der Waals surface area (Å²) in [5.74, 6) is 0.141. The molecule has 1 aliphatic heterocycles. The fourth-order valence-electron chi connectivity index (χ4n) is 2.27. The van der Waals surface area contributed by atoms with Gasteiger partial charge in [0.05, 0.1) is 6.42 Å². The summed E-state index contributed by atoms with van der Waals surface area (Å²) in [6.45, 7) is 8.37. The SMILES string of the molecule is Cc1ccc(CC(=O)NCCCN2CCNCC2)s1. The quantitative estimate of drug-likeness (QED) is 0.765. The Balaban J connectivity index is 1.56. The molecule has 0 aromatic carbocycles. The van der Waals surface area contributed by atoms with Crippen molar-refractivity contribution >= 4 is 17.2 Å². The van der Waals surface area contributed by atoms with E-state index in [4.69, 9.17) is 0 Å². The summed E-state index contributed by atoms with van der Waals surface area (Å²) in [5, 5.41) is 6.35. The number of rotatable bonds is 6. The van der Waals surface area contributed by atoms with Gasteiger partial charge in [-0.3, -0.25) is 4.79 Å². The number of carbonyl (C=O) groups is 1. The molecular weight excluding hydrogens is 258 g/mol. The number of hydrogen-bond donors (Lipinski definition) is 2. The van der Waals surface area contributed by atoms with Crippen molar-refractivity contribution in [3.8, 4) is 0 Å². The number of piperazine rings is 1. The zero-order valence-electron chi connectivity index (χ0n) is 11.6. The van der Waals surface area contributed by atoms with Crippen molar-refractivity contribution in [2.24, 2.45) is 0 Å². The van der Waals surface area contributed by atoms with Crippen molar-refractivity contribution in [1.29, 1.82) is 0 Å². The fourth-order valence-corrected chi connectivity index (χ4v) is 3.16. The second-order valence-corrected chi connectivity index (χ2v) is 6.36. The molecule has 0 spiro atoms. The lowest BCUT2D eigenvalue weighted by molar-refractivity contribution is -0.120. The zero-order chi connectivity index (χ0) is 13.5. The van der Waals surface area contributed by atoms with Crippen LogP contribution in [0.1, 0.15) is 16.2 Å². The molecule has 106 valence electrons. The van der Waals surface area contributed by atoms with E-state index >= 15 is 0 Å². The molecule has 0 unspecified atom stereocenters. The van der Waals surface area contributed by atoms with Crippen molar-refractivity contribution in [2.75, 3.05) is 39.3 Å². The number of hydrogen-bond acceptors (Lipinski definition) is 4. The molecule has 2 heterocycles. The Kier molecular flexibility index (Phi) is 5.82. The molecule has 19 heavy (non-hydrogen) atoms. The van der Waals surface area contributed by atoms with Crippen molar-refractivity contribution in [1.82, 2.24) is 15.5 Å². The highest BCUT2D eigenvalue weighted by Gasteiger charge is 2.09. The van der Waals surface area contributed by atoms with Gasteiger partial charge in [0.1, 0.15) is 0 Å². The van der Waals surface area contributed by atoms with Gasteiger partial charge in [0.2, 0.25) is 5.91 Å². The molecule has 0 atom stereocenters. The maximum absolute atomic E-state index is 11.7. The summed E-state index contributed by atoms with van der Waals surface area (Å²) >= 11 is 1.70. The predicted octanol–water partition coefficient (Wildman–Crippen LogP) is 1.01. The Bertz CT molecular complexity index is 399. The van der Waals surface area contributed by atoms with Crippen molar-refractivity contribution in [3.05, 3.63) is 21.9 Å². The Morgan fingerprint density at radius 1 is 1.42 bits per heavy atom. The lowest BCUT2D eigenvalue weighted by atomic mass is 10.3. The number of carbonyl (C=O) groups excluding carboxylic acids is 1. The highest BCUT2D eigenvalue weighted by molar-refractivity contribution is 7.12. The van der Waals surface area contributed by atoms with Gasteiger partial charge < -0.3 is 15.5 Å². The van der Waals surface area contributed by atoms with E-state index in [0.717, 1.165) is 50.6 Å². The van der Waals surface area contributed by atoms with Crippen molar-refractivity contribution in [2.45, 2.75) is 19.8 Å². The first-order chi connectivity index (χ1) is 9.24. The van der Waals surface area contributed by atoms with E-state index in [2.05, 4.69) is 28.5 Å². The molecule has 1 aromatic heterocycles. The Labute approximate surface area is 119 Å². The predicted molar refractivity (Wildman–Crippen MR) is 79.7 cm³/mol. The molecule has 0 bridgehead atoms. The van der Waals surface area contributed by atoms with Crippen molar-refractivity contribution in [3.63, 3.8) is 0 Å². The van der Waals surface area contributed by atoms with Crippen LogP contribution >= 0.6 is 11.3 Å². The third-order valence-corrected chi connectivity index (χ3v) is 4.31. The van der Waals surface area contributed by atoms with Gasteiger partial charge in [-0.2, -0.15) is 0 Å². The van der Waals surface area contributed by atoms with Gasteiger partial charge in [-0.05, 0) is 32.0 Å². The molecule has 5 heteroatoms. The van der Waals surface area contributed by atoms with Crippen LogP contribution in [-0.4, -0.2) is 50.1 Å². The molecule has 0 radical (unpaired) electrons. The third kappa shape index (κ3) is 5.30. The number of nitrogens with zero attached hydrogens (tertiary/aromatic N) is 1. The van der Waals surface area contributed by atoms with Gasteiger partial charge in [-0.1, -0.05) is 0 Å². The molecule has 1 aliphatic rings. The molecule has 2 N–H and O–H groups in total. The minimum atomic E-state index is 0.141. The summed E-state index contributed by atoms with van der Waals surface area (Å²) in [5.41, 5.74) is 0. The van der Waals surface area contributed by atoms with E-state index in [1.165, 1.54) is 4.88 Å². The standard InChI is InChI=1S/C14H23N3OS/c1-12-3-4-13(19-12)11-14(18)16-5-2-8-17-9-6-15-7-10-17/h3-4,15H,2,5-11H2,1H3,(H,16,18). The average molecular weight is 281 g/mol. The van der Waals surface area contributed by atoms with Crippen LogP contribution in [0.25, 0.3) is 0 Å². The van der Waals surface area contributed by atoms with Gasteiger partial charge in [0, 0.05) is 42.5 Å². The molecule has 1 saturated heterocycles. The molecule has 2 rings (SSSR count). The monoisotopic (exact) mass is 281 g/mol. The van der Waals surface area contributed by atoms with Crippen LogP contribution in [0.2, 0.25) is 0 Å². The molecular formula is C14H23N3OS.